The molecule has 0 unspecified atom stereocenters. The third kappa shape index (κ3) is 10.3. The molecule has 0 spiro atoms. The summed E-state index contributed by atoms with van der Waals surface area (Å²) in [6.07, 6.45) is 0. The van der Waals surface area contributed by atoms with Crippen molar-refractivity contribution in [3.05, 3.63) is 318 Å². The Labute approximate surface area is 607 Å². The summed E-state index contributed by atoms with van der Waals surface area (Å²) in [4.78, 5) is 10.4. The summed E-state index contributed by atoms with van der Waals surface area (Å²) in [7, 11) is 0. The first-order valence-corrected chi connectivity index (χ1v) is 37.5. The zero-order valence-electron chi connectivity index (χ0n) is 59.7. The molecule has 0 bridgehead atoms. The van der Waals surface area contributed by atoms with Crippen molar-refractivity contribution in [3.8, 4) is 48.8 Å². The Balaban J connectivity index is 0.890. The first-order valence-electron chi connectivity index (χ1n) is 35.8. The van der Waals surface area contributed by atoms with Crippen LogP contribution in [-0.4, -0.2) is 11.3 Å². The molecule has 0 fully saturated rings. The van der Waals surface area contributed by atoms with Crippen LogP contribution in [0.25, 0.3) is 90.8 Å². The Bertz CT molecular complexity index is 6000. The molecule has 2 aliphatic heterocycles. The van der Waals surface area contributed by atoms with Gasteiger partial charge in [0, 0.05) is 97.3 Å². The van der Waals surface area contributed by atoms with Crippen molar-refractivity contribution in [2.75, 3.05) is 14.7 Å². The van der Waals surface area contributed by atoms with Crippen LogP contribution < -0.4 is 31.1 Å². The van der Waals surface area contributed by atoms with Gasteiger partial charge in [0.1, 0.15) is 0 Å². The Hall–Kier alpha value is -11.0. The fraction of sp³-hybridized carbons (Fsp3) is 0.137. The Kier molecular flexibility index (Phi) is 15.0. The summed E-state index contributed by atoms with van der Waals surface area (Å²) >= 11 is 3.80. The van der Waals surface area contributed by atoms with Gasteiger partial charge in [-0.05, 0) is 232 Å². The topological polar surface area (TPSA) is 14.7 Å². The van der Waals surface area contributed by atoms with Crippen molar-refractivity contribution in [2.24, 2.45) is 0 Å². The van der Waals surface area contributed by atoms with Crippen molar-refractivity contribution in [1.29, 1.82) is 0 Å². The zero-order valence-corrected chi connectivity index (χ0v) is 61.4. The summed E-state index contributed by atoms with van der Waals surface area (Å²) in [5.74, 6) is 0. The number of fused-ring (bicyclic) bond motifs is 9. The van der Waals surface area contributed by atoms with Gasteiger partial charge >= 0.3 is 0 Å². The van der Waals surface area contributed by atoms with E-state index in [9.17, 15) is 0 Å². The van der Waals surface area contributed by atoms with E-state index in [-0.39, 0.29) is 17.5 Å². The maximum absolute atomic E-state index is 2.68. The molecule has 3 aromatic heterocycles. The minimum Gasteiger partial charge on any atom is -0.311 e. The van der Waals surface area contributed by atoms with E-state index in [1.54, 1.807) is 0 Å². The smallest absolute Gasteiger partial charge is 0.252 e. The highest BCUT2D eigenvalue weighted by Gasteiger charge is 2.45. The molecule has 13 aromatic carbocycles. The molecule has 0 N–H and O–H groups in total. The fourth-order valence-electron chi connectivity index (χ4n) is 16.9. The van der Waals surface area contributed by atoms with Gasteiger partial charge in [-0.2, -0.15) is 0 Å². The van der Waals surface area contributed by atoms with Gasteiger partial charge < -0.3 is 19.3 Å². The number of aryl methyl sites for hydroxylation is 5. The van der Waals surface area contributed by atoms with Crippen LogP contribution in [-0.2, 0) is 10.8 Å². The molecule has 0 amide bonds. The second-order valence-corrected chi connectivity index (χ2v) is 32.5. The van der Waals surface area contributed by atoms with Gasteiger partial charge in [0.05, 0.1) is 22.4 Å². The number of hydrogen-bond acceptors (Lipinski definition) is 5. The van der Waals surface area contributed by atoms with Crippen LogP contribution in [0.3, 0.4) is 0 Å². The van der Waals surface area contributed by atoms with Crippen LogP contribution in [0.5, 0.6) is 0 Å². The number of rotatable bonds is 10. The maximum atomic E-state index is 2.68. The zero-order chi connectivity index (χ0) is 69.6. The standard InChI is InChI=1S/C95H79BN4S2/c1-58-49-83-89-84(50-58)100(91-61(4)53-66(54-62(91)5)93-88(64-29-17-13-18-30-64)76-35-23-26-38-86(76)102-93)82-57-72(97(70-42-39-67(40-43-70)94(6,7)8)71-44-46-74-73-33-21-24-36-79(73)98(80(74)56-71)69-31-19-14-20-32-69)45-48-78(82)96(89)77-47-41-68(95(9,10)11)55-81(77)99(83)90-59(2)51-65(52-60(90)3)92-87(63-27-15-12-16-28-63)75-34-22-25-37-85(75)101-92/h12-57H,1-11H3. The van der Waals surface area contributed by atoms with Crippen molar-refractivity contribution in [3.63, 3.8) is 0 Å². The van der Waals surface area contributed by atoms with E-state index < -0.39 is 0 Å². The molecule has 7 heteroatoms. The summed E-state index contributed by atoms with van der Waals surface area (Å²) in [6, 6.07) is 106. The predicted molar refractivity (Wildman–Crippen MR) is 443 cm³/mol. The summed E-state index contributed by atoms with van der Waals surface area (Å²) < 4.78 is 5.02. The average Bonchev–Trinajstić information content (AvgIpc) is 0.944. The Morgan fingerprint density at radius 2 is 0.755 bits per heavy atom. The van der Waals surface area contributed by atoms with Gasteiger partial charge in [-0.15, -0.1) is 22.7 Å². The van der Waals surface area contributed by atoms with Crippen molar-refractivity contribution < 1.29 is 0 Å². The lowest BCUT2D eigenvalue weighted by Gasteiger charge is -2.46. The fourth-order valence-corrected chi connectivity index (χ4v) is 19.3. The van der Waals surface area contributed by atoms with Gasteiger partial charge in [0.2, 0.25) is 0 Å². The van der Waals surface area contributed by atoms with Crippen LogP contribution >= 0.6 is 22.7 Å². The van der Waals surface area contributed by atoms with E-state index in [4.69, 9.17) is 0 Å². The number of benzene rings is 13. The van der Waals surface area contributed by atoms with Gasteiger partial charge in [-0.25, -0.2) is 0 Å². The van der Waals surface area contributed by atoms with E-state index in [1.807, 2.05) is 22.7 Å². The minimum absolute atomic E-state index is 0.0341. The molecule has 4 nitrogen and oxygen atoms in total. The number of para-hydroxylation sites is 2. The lowest BCUT2D eigenvalue weighted by Crippen LogP contribution is -2.61. The number of anilines is 9. The number of nitrogens with zero attached hydrogens (tertiary/aromatic N) is 4. The highest BCUT2D eigenvalue weighted by Crippen LogP contribution is 2.54. The van der Waals surface area contributed by atoms with Gasteiger partial charge in [0.15, 0.2) is 0 Å². The summed E-state index contributed by atoms with van der Waals surface area (Å²) in [6.45, 7) is 25.6. The highest BCUT2D eigenvalue weighted by atomic mass is 32.1. The van der Waals surface area contributed by atoms with Crippen LogP contribution in [0.15, 0.2) is 279 Å². The van der Waals surface area contributed by atoms with E-state index in [1.165, 1.54) is 163 Å². The van der Waals surface area contributed by atoms with E-state index in [2.05, 4.69) is 374 Å². The molecular weight excluding hydrogens is 1270 g/mol. The molecule has 0 atom stereocenters. The van der Waals surface area contributed by atoms with Crippen molar-refractivity contribution in [2.45, 2.75) is 87.0 Å². The largest absolute Gasteiger partial charge is 0.311 e. The predicted octanol–water partition coefficient (Wildman–Crippen LogP) is 25.6. The second kappa shape index (κ2) is 24.1. The van der Waals surface area contributed by atoms with E-state index in [0.29, 0.717) is 0 Å². The molecule has 16 aromatic rings. The van der Waals surface area contributed by atoms with Crippen LogP contribution in [0.1, 0.15) is 80.5 Å². The Morgan fingerprint density at radius 3 is 1.28 bits per heavy atom. The third-order valence-corrected chi connectivity index (χ3v) is 24.0. The first-order chi connectivity index (χ1) is 49.4. The van der Waals surface area contributed by atoms with Crippen LogP contribution in [0, 0.1) is 34.6 Å². The third-order valence-electron chi connectivity index (χ3n) is 21.5. The molecule has 5 heterocycles. The van der Waals surface area contributed by atoms with Crippen molar-refractivity contribution >= 4 is 139 Å². The summed E-state index contributed by atoms with van der Waals surface area (Å²) in [5, 5.41) is 5.03. The van der Waals surface area contributed by atoms with Gasteiger partial charge in [-0.3, -0.25) is 0 Å². The molecule has 2 aliphatic rings. The molecule has 102 heavy (non-hydrogen) atoms. The number of aromatic nitrogens is 1. The maximum Gasteiger partial charge on any atom is 0.252 e. The van der Waals surface area contributed by atoms with Gasteiger partial charge in [0.25, 0.3) is 6.71 Å². The molecule has 0 radical (unpaired) electrons. The quantitative estimate of drug-likeness (QED) is 0.127. The molecule has 0 saturated heterocycles. The lowest BCUT2D eigenvalue weighted by molar-refractivity contribution is 0.590. The SMILES string of the molecule is Cc1cc2c3c(c1)N(c1c(C)cc(-c4sc5ccccc5c4-c4ccccc4)cc1C)c1cc(C(C)(C)C)ccc1B3c1ccc(N(c3ccc(C(C)(C)C)cc3)c3ccc4c5ccccc5n(-c5ccccc5)c4c3)cc1N2c1c(C)cc(-c2sc3ccccc3c2-c2ccccc2)cc1C. The van der Waals surface area contributed by atoms with Crippen LogP contribution in [0.2, 0.25) is 0 Å². The second-order valence-electron chi connectivity index (χ2n) is 30.4. The number of thiophene rings is 2. The van der Waals surface area contributed by atoms with Gasteiger partial charge in [-0.1, -0.05) is 211 Å². The first kappa shape index (κ1) is 63.2. The molecule has 18 rings (SSSR count). The van der Waals surface area contributed by atoms with Crippen LogP contribution in [0.4, 0.5) is 51.2 Å². The minimum atomic E-state index is -0.121. The summed E-state index contributed by atoms with van der Waals surface area (Å²) in [5.41, 5.74) is 33.8. The molecule has 0 aliphatic carbocycles. The van der Waals surface area contributed by atoms with Crippen molar-refractivity contribution in [1.82, 2.24) is 4.57 Å². The van der Waals surface area contributed by atoms with E-state index in [0.717, 1.165) is 34.0 Å². The lowest BCUT2D eigenvalue weighted by atomic mass is 9.33. The Morgan fingerprint density at radius 1 is 0.333 bits per heavy atom. The molecule has 494 valence electrons. The number of hydrogen-bond donors (Lipinski definition) is 0. The monoisotopic (exact) mass is 1350 g/mol. The highest BCUT2D eigenvalue weighted by molar-refractivity contribution is 7.23. The normalized spacial score (nSPS) is 12.8. The average molecular weight is 1350 g/mol. The van der Waals surface area contributed by atoms with E-state index >= 15 is 0 Å². The molecular formula is C95H79BN4S2. The molecule has 0 saturated carbocycles.